The van der Waals surface area contributed by atoms with Gasteiger partial charge in [0.25, 0.3) is 0 Å². The molecule has 0 spiro atoms. The van der Waals surface area contributed by atoms with Crippen LogP contribution in [0.4, 0.5) is 5.82 Å². The number of hydrogen-bond donors (Lipinski definition) is 1. The lowest BCUT2D eigenvalue weighted by Crippen LogP contribution is -2.47. The minimum absolute atomic E-state index is 0.108. The molecule has 2 heterocycles. The number of aliphatic hydroxyl groups excluding tert-OH is 1. The van der Waals surface area contributed by atoms with Crippen LogP contribution in [-0.4, -0.2) is 42.6 Å². The molecule has 112 valence electrons. The van der Waals surface area contributed by atoms with Crippen molar-refractivity contribution in [3.63, 3.8) is 0 Å². The van der Waals surface area contributed by atoms with Gasteiger partial charge in [-0.05, 0) is 19.1 Å². The molecule has 3 rings (SSSR count). The number of nitrogens with zero attached hydrogens (tertiary/aromatic N) is 2. The van der Waals surface area contributed by atoms with Gasteiger partial charge in [0, 0.05) is 23.5 Å². The number of para-hydroxylation sites is 1. The van der Waals surface area contributed by atoms with Gasteiger partial charge in [0.15, 0.2) is 9.84 Å². The van der Waals surface area contributed by atoms with Crippen LogP contribution in [0, 0.1) is 0 Å². The molecule has 1 fully saturated rings. The molecule has 1 aromatic heterocycles. The minimum Gasteiger partial charge on any atom is -0.392 e. The molecule has 21 heavy (non-hydrogen) atoms. The van der Waals surface area contributed by atoms with Crippen molar-refractivity contribution in [2.75, 3.05) is 23.0 Å². The van der Waals surface area contributed by atoms with Crippen LogP contribution in [-0.2, 0) is 16.4 Å². The van der Waals surface area contributed by atoms with E-state index < -0.39 is 9.84 Å². The van der Waals surface area contributed by atoms with Crippen molar-refractivity contribution in [1.29, 1.82) is 0 Å². The van der Waals surface area contributed by atoms with Gasteiger partial charge in [-0.2, -0.15) is 0 Å². The summed E-state index contributed by atoms with van der Waals surface area (Å²) in [4.78, 5) is 6.62. The van der Waals surface area contributed by atoms with Gasteiger partial charge < -0.3 is 10.0 Å². The summed E-state index contributed by atoms with van der Waals surface area (Å²) in [5.41, 5.74) is 1.59. The molecule has 1 saturated heterocycles. The minimum atomic E-state index is -2.97. The summed E-state index contributed by atoms with van der Waals surface area (Å²) < 4.78 is 23.4. The lowest BCUT2D eigenvalue weighted by molar-refractivity contribution is 0.281. The van der Waals surface area contributed by atoms with E-state index in [1.54, 1.807) is 0 Å². The van der Waals surface area contributed by atoms with Crippen LogP contribution in [0.25, 0.3) is 10.9 Å². The molecule has 1 aromatic carbocycles. The van der Waals surface area contributed by atoms with Gasteiger partial charge >= 0.3 is 0 Å². The first-order valence-electron chi connectivity index (χ1n) is 6.97. The zero-order valence-corrected chi connectivity index (χ0v) is 12.7. The fourth-order valence-electron chi connectivity index (χ4n) is 2.83. The van der Waals surface area contributed by atoms with Crippen molar-refractivity contribution in [2.45, 2.75) is 19.6 Å². The number of aromatic nitrogens is 1. The molecule has 0 aliphatic carbocycles. The molecule has 0 amide bonds. The third-order valence-electron chi connectivity index (χ3n) is 3.89. The summed E-state index contributed by atoms with van der Waals surface area (Å²) in [5, 5.41) is 10.6. The summed E-state index contributed by atoms with van der Waals surface area (Å²) in [7, 11) is -2.97. The number of hydrogen-bond acceptors (Lipinski definition) is 5. The Balaban J connectivity index is 2.07. The fraction of sp³-hybridized carbons (Fsp3) is 0.400. The third kappa shape index (κ3) is 2.73. The lowest BCUT2D eigenvalue weighted by atomic mass is 10.1. The highest BCUT2D eigenvalue weighted by molar-refractivity contribution is 7.91. The Morgan fingerprint density at radius 2 is 2.14 bits per heavy atom. The number of pyridine rings is 1. The van der Waals surface area contributed by atoms with Crippen molar-refractivity contribution < 1.29 is 13.5 Å². The number of fused-ring (bicyclic) bond motifs is 1. The van der Waals surface area contributed by atoms with Crippen molar-refractivity contribution in [2.24, 2.45) is 0 Å². The van der Waals surface area contributed by atoms with Gasteiger partial charge in [-0.1, -0.05) is 18.2 Å². The van der Waals surface area contributed by atoms with Crippen LogP contribution < -0.4 is 4.90 Å². The van der Waals surface area contributed by atoms with Crippen LogP contribution >= 0.6 is 0 Å². The van der Waals surface area contributed by atoms with Crippen LogP contribution in [0.15, 0.2) is 30.3 Å². The molecule has 0 bridgehead atoms. The predicted octanol–water partition coefficient (Wildman–Crippen LogP) is 1.35. The standard InChI is InChI=1S/C15H18N2O3S/c1-11-10-21(19,20)7-6-17(11)15-13(9-18)8-12-4-2-3-5-14(12)16-15/h2-5,8,11,18H,6-7,9-10H2,1H3. The van der Waals surface area contributed by atoms with Crippen molar-refractivity contribution >= 4 is 26.6 Å². The van der Waals surface area contributed by atoms with Crippen molar-refractivity contribution in [3.8, 4) is 0 Å². The van der Waals surface area contributed by atoms with E-state index >= 15 is 0 Å². The second kappa shape index (κ2) is 5.27. The van der Waals surface area contributed by atoms with Crippen molar-refractivity contribution in [1.82, 2.24) is 4.98 Å². The van der Waals surface area contributed by atoms with Crippen LogP contribution in [0.3, 0.4) is 0 Å². The van der Waals surface area contributed by atoms with E-state index in [1.165, 1.54) is 0 Å². The van der Waals surface area contributed by atoms with E-state index in [4.69, 9.17) is 0 Å². The Morgan fingerprint density at radius 3 is 2.86 bits per heavy atom. The lowest BCUT2D eigenvalue weighted by Gasteiger charge is -2.35. The van der Waals surface area contributed by atoms with Gasteiger partial charge in [-0.3, -0.25) is 0 Å². The molecule has 0 radical (unpaired) electrons. The second-order valence-electron chi connectivity index (χ2n) is 5.48. The molecular weight excluding hydrogens is 288 g/mol. The monoisotopic (exact) mass is 306 g/mol. The highest BCUT2D eigenvalue weighted by Crippen LogP contribution is 2.27. The SMILES string of the molecule is CC1CS(=O)(=O)CCN1c1nc2ccccc2cc1CO. The summed E-state index contributed by atoms with van der Waals surface area (Å²) in [6.07, 6.45) is 0. The molecule has 1 aliphatic heterocycles. The van der Waals surface area contributed by atoms with Crippen LogP contribution in [0.5, 0.6) is 0 Å². The quantitative estimate of drug-likeness (QED) is 0.907. The molecular formula is C15H18N2O3S. The number of rotatable bonds is 2. The summed E-state index contributed by atoms with van der Waals surface area (Å²) in [6, 6.07) is 9.51. The van der Waals surface area contributed by atoms with Gasteiger partial charge in [-0.25, -0.2) is 13.4 Å². The summed E-state index contributed by atoms with van der Waals surface area (Å²) in [5.74, 6) is 0.960. The first kappa shape index (κ1) is 14.3. The van der Waals surface area contributed by atoms with Gasteiger partial charge in [0.1, 0.15) is 5.82 Å². The normalized spacial score (nSPS) is 21.6. The zero-order valence-electron chi connectivity index (χ0n) is 11.9. The van der Waals surface area contributed by atoms with E-state index in [0.717, 1.165) is 16.5 Å². The Labute approximate surface area is 124 Å². The van der Waals surface area contributed by atoms with Crippen molar-refractivity contribution in [3.05, 3.63) is 35.9 Å². The highest BCUT2D eigenvalue weighted by atomic mass is 32.2. The third-order valence-corrected chi connectivity index (χ3v) is 5.69. The van der Waals surface area contributed by atoms with E-state index in [2.05, 4.69) is 4.98 Å². The first-order valence-corrected chi connectivity index (χ1v) is 8.79. The first-order chi connectivity index (χ1) is 10.00. The van der Waals surface area contributed by atoms with E-state index in [1.807, 2.05) is 42.2 Å². The second-order valence-corrected chi connectivity index (χ2v) is 7.71. The highest BCUT2D eigenvalue weighted by Gasteiger charge is 2.30. The number of benzene rings is 1. The number of aliphatic hydroxyl groups is 1. The Kier molecular flexibility index (Phi) is 3.59. The maximum Gasteiger partial charge on any atom is 0.154 e. The zero-order chi connectivity index (χ0) is 15.0. The largest absolute Gasteiger partial charge is 0.392 e. The Morgan fingerprint density at radius 1 is 1.38 bits per heavy atom. The van der Waals surface area contributed by atoms with Gasteiger partial charge in [0.05, 0.1) is 23.6 Å². The number of anilines is 1. The van der Waals surface area contributed by atoms with Crippen LogP contribution in [0.2, 0.25) is 0 Å². The fourth-order valence-corrected chi connectivity index (χ4v) is 4.38. The molecule has 1 N–H and O–H groups in total. The topological polar surface area (TPSA) is 70.5 Å². The molecule has 1 aliphatic rings. The average molecular weight is 306 g/mol. The van der Waals surface area contributed by atoms with E-state index in [0.29, 0.717) is 12.4 Å². The molecule has 5 nitrogen and oxygen atoms in total. The maximum atomic E-state index is 11.7. The molecule has 6 heteroatoms. The Hall–Kier alpha value is -1.66. The average Bonchev–Trinajstić information content (AvgIpc) is 2.45. The molecule has 2 aromatic rings. The summed E-state index contributed by atoms with van der Waals surface area (Å²) >= 11 is 0. The van der Waals surface area contributed by atoms with Gasteiger partial charge in [0.2, 0.25) is 0 Å². The van der Waals surface area contributed by atoms with Gasteiger partial charge in [-0.15, -0.1) is 0 Å². The molecule has 1 atom stereocenters. The maximum absolute atomic E-state index is 11.7. The number of sulfone groups is 1. The summed E-state index contributed by atoms with van der Waals surface area (Å²) in [6.45, 7) is 2.19. The molecule has 0 saturated carbocycles. The van der Waals surface area contributed by atoms with Crippen LogP contribution in [0.1, 0.15) is 12.5 Å². The smallest absolute Gasteiger partial charge is 0.154 e. The molecule has 1 unspecified atom stereocenters. The van der Waals surface area contributed by atoms with E-state index in [9.17, 15) is 13.5 Å². The van der Waals surface area contributed by atoms with E-state index in [-0.39, 0.29) is 24.2 Å². The Bertz CT molecular complexity index is 774. The predicted molar refractivity (Wildman–Crippen MR) is 83.1 cm³/mol.